The van der Waals surface area contributed by atoms with Crippen molar-refractivity contribution in [3.8, 4) is 17.0 Å². The Balaban J connectivity index is 1.92. The van der Waals surface area contributed by atoms with Gasteiger partial charge in [0, 0.05) is 26.2 Å². The van der Waals surface area contributed by atoms with E-state index in [4.69, 9.17) is 9.47 Å². The van der Waals surface area contributed by atoms with Gasteiger partial charge in [-0.15, -0.1) is 0 Å². The molecule has 4 aromatic rings. The minimum absolute atomic E-state index is 0.0321. The molecule has 0 bridgehead atoms. The van der Waals surface area contributed by atoms with Crippen LogP contribution in [-0.2, 0) is 24.4 Å². The van der Waals surface area contributed by atoms with Crippen LogP contribution < -0.4 is 16.0 Å². The normalized spacial score (nSPS) is 16.6. The maximum atomic E-state index is 13.6. The highest BCUT2D eigenvalue weighted by molar-refractivity contribution is 5.97. The van der Waals surface area contributed by atoms with Gasteiger partial charge in [0.2, 0.25) is 0 Å². The first-order chi connectivity index (χ1) is 17.1. The molecule has 0 radical (unpaired) electrons. The van der Waals surface area contributed by atoms with Gasteiger partial charge in [0.1, 0.15) is 11.9 Å². The Kier molecular flexibility index (Phi) is 5.36. The number of nitrogens with zero attached hydrogens (tertiary/aromatic N) is 4. The molecule has 3 heterocycles. The number of benzene rings is 2. The number of nitro groups is 1. The largest absolute Gasteiger partial charge is 0.497 e. The van der Waals surface area contributed by atoms with E-state index in [2.05, 4.69) is 4.57 Å². The van der Waals surface area contributed by atoms with Gasteiger partial charge >= 0.3 is 5.69 Å². The molecule has 10 heteroatoms. The van der Waals surface area contributed by atoms with Crippen molar-refractivity contribution in [3.63, 3.8) is 0 Å². The van der Waals surface area contributed by atoms with Gasteiger partial charge in [-0.2, -0.15) is 0 Å². The fourth-order valence-electron chi connectivity index (χ4n) is 5.04. The Bertz CT molecular complexity index is 1630. The van der Waals surface area contributed by atoms with E-state index in [0.717, 1.165) is 10.1 Å². The average Bonchev–Trinajstić information content (AvgIpc) is 3.24. The zero-order chi connectivity index (χ0) is 25.9. The quantitative estimate of drug-likeness (QED) is 0.320. The van der Waals surface area contributed by atoms with E-state index in [1.165, 1.54) is 23.7 Å². The first-order valence-electron chi connectivity index (χ1n) is 11.4. The standard InChI is InChI=1S/C26H26N4O6/c1-26(2)14-36-23(16-6-10-17(11-7-16)30(33)34)22-21-19(24(31)28(4)25(32)27(21)3)20(29(22)26)15-8-12-18(35-5)13-9-15/h6-13,23H,14H2,1-5H3/t23-/m1/s1. The number of non-ortho nitro benzene ring substituents is 1. The van der Waals surface area contributed by atoms with Crippen LogP contribution in [0.3, 0.4) is 0 Å². The van der Waals surface area contributed by atoms with E-state index in [1.807, 2.05) is 38.1 Å². The second kappa shape index (κ2) is 8.20. The fraction of sp³-hybridized carbons (Fsp3) is 0.308. The SMILES string of the molecule is COc1ccc(-c2c3c(=O)n(C)c(=O)n(C)c3c3n2C(C)(C)CO[C@@H]3c2ccc([N+](=O)[O-])cc2)cc1. The van der Waals surface area contributed by atoms with E-state index < -0.39 is 27.8 Å². The van der Waals surface area contributed by atoms with E-state index in [9.17, 15) is 19.7 Å². The van der Waals surface area contributed by atoms with Crippen molar-refractivity contribution in [1.29, 1.82) is 0 Å². The Hall–Kier alpha value is -4.18. The summed E-state index contributed by atoms with van der Waals surface area (Å²) in [5.74, 6) is 0.681. The van der Waals surface area contributed by atoms with E-state index in [0.29, 0.717) is 40.2 Å². The van der Waals surface area contributed by atoms with Crippen molar-refractivity contribution in [2.24, 2.45) is 14.1 Å². The van der Waals surface area contributed by atoms with Crippen molar-refractivity contribution < 1.29 is 14.4 Å². The topological polar surface area (TPSA) is 111 Å². The van der Waals surface area contributed by atoms with Gasteiger partial charge in [0.15, 0.2) is 0 Å². The molecule has 0 aliphatic carbocycles. The lowest BCUT2D eigenvalue weighted by Crippen LogP contribution is -2.40. The summed E-state index contributed by atoms with van der Waals surface area (Å²) in [5, 5.41) is 11.6. The maximum absolute atomic E-state index is 13.6. The van der Waals surface area contributed by atoms with Crippen LogP contribution in [0.25, 0.3) is 22.2 Å². The Labute approximate surface area is 206 Å². The van der Waals surface area contributed by atoms with Gasteiger partial charge in [0.25, 0.3) is 11.2 Å². The number of aromatic nitrogens is 3. The fourth-order valence-corrected chi connectivity index (χ4v) is 5.04. The molecule has 1 aliphatic heterocycles. The van der Waals surface area contributed by atoms with E-state index in [1.54, 1.807) is 26.3 Å². The zero-order valence-electron chi connectivity index (χ0n) is 20.6. The van der Waals surface area contributed by atoms with Gasteiger partial charge in [-0.05, 0) is 61.4 Å². The molecule has 1 atom stereocenters. The lowest BCUT2D eigenvalue weighted by Gasteiger charge is -2.39. The Morgan fingerprint density at radius 3 is 2.25 bits per heavy atom. The third-order valence-electron chi connectivity index (χ3n) is 6.84. The molecule has 0 amide bonds. The molecule has 1 aliphatic rings. The Morgan fingerprint density at radius 2 is 1.67 bits per heavy atom. The minimum atomic E-state index is -0.647. The average molecular weight is 491 g/mol. The molecule has 0 unspecified atom stereocenters. The number of hydrogen-bond donors (Lipinski definition) is 0. The molecular weight excluding hydrogens is 464 g/mol. The molecule has 0 spiro atoms. The van der Waals surface area contributed by atoms with Crippen LogP contribution in [0.4, 0.5) is 5.69 Å². The highest BCUT2D eigenvalue weighted by atomic mass is 16.6. The summed E-state index contributed by atoms with van der Waals surface area (Å²) in [7, 11) is 4.69. The molecule has 0 saturated carbocycles. The number of ether oxygens (including phenoxy) is 2. The van der Waals surface area contributed by atoms with Crippen LogP contribution in [0.1, 0.15) is 31.2 Å². The summed E-state index contributed by atoms with van der Waals surface area (Å²) >= 11 is 0. The molecule has 10 nitrogen and oxygen atoms in total. The molecule has 5 rings (SSSR count). The van der Waals surface area contributed by atoms with Gasteiger partial charge < -0.3 is 14.0 Å². The lowest BCUT2D eigenvalue weighted by atomic mass is 9.98. The monoisotopic (exact) mass is 490 g/mol. The summed E-state index contributed by atoms with van der Waals surface area (Å²) in [5.41, 5.74) is 1.83. The number of rotatable bonds is 4. The summed E-state index contributed by atoms with van der Waals surface area (Å²) < 4.78 is 16.3. The second-order valence-electron chi connectivity index (χ2n) is 9.58. The molecule has 36 heavy (non-hydrogen) atoms. The Morgan fingerprint density at radius 1 is 1.03 bits per heavy atom. The van der Waals surface area contributed by atoms with Gasteiger partial charge in [0.05, 0.1) is 46.5 Å². The highest BCUT2D eigenvalue weighted by Gasteiger charge is 2.40. The molecule has 186 valence electrons. The van der Waals surface area contributed by atoms with Crippen molar-refractivity contribution in [1.82, 2.24) is 13.7 Å². The van der Waals surface area contributed by atoms with Crippen LogP contribution in [0.2, 0.25) is 0 Å². The van der Waals surface area contributed by atoms with Gasteiger partial charge in [-0.25, -0.2) is 4.79 Å². The molecule has 2 aromatic heterocycles. The third kappa shape index (κ3) is 3.36. The summed E-state index contributed by atoms with van der Waals surface area (Å²) in [6.07, 6.45) is -0.647. The number of aryl methyl sites for hydroxylation is 1. The number of hydrogen-bond acceptors (Lipinski definition) is 6. The molecular formula is C26H26N4O6. The van der Waals surface area contributed by atoms with Crippen LogP contribution in [-0.4, -0.2) is 32.3 Å². The van der Waals surface area contributed by atoms with Crippen LogP contribution >= 0.6 is 0 Å². The summed E-state index contributed by atoms with van der Waals surface area (Å²) in [6, 6.07) is 13.6. The summed E-state index contributed by atoms with van der Waals surface area (Å²) in [6.45, 7) is 4.34. The van der Waals surface area contributed by atoms with Crippen molar-refractivity contribution in [3.05, 3.63) is 90.7 Å². The predicted molar refractivity (Wildman–Crippen MR) is 135 cm³/mol. The van der Waals surface area contributed by atoms with E-state index >= 15 is 0 Å². The highest BCUT2D eigenvalue weighted by Crippen LogP contribution is 2.45. The van der Waals surface area contributed by atoms with Crippen LogP contribution in [0.15, 0.2) is 58.1 Å². The van der Waals surface area contributed by atoms with E-state index in [-0.39, 0.29) is 5.69 Å². The first kappa shape index (κ1) is 23.6. The smallest absolute Gasteiger partial charge is 0.331 e. The van der Waals surface area contributed by atoms with Crippen LogP contribution in [0.5, 0.6) is 5.75 Å². The zero-order valence-corrected chi connectivity index (χ0v) is 20.6. The maximum Gasteiger partial charge on any atom is 0.331 e. The number of nitro benzene ring substituents is 1. The van der Waals surface area contributed by atoms with Crippen molar-refractivity contribution >= 4 is 16.6 Å². The number of fused-ring (bicyclic) bond motifs is 3. The summed E-state index contributed by atoms with van der Waals surface area (Å²) in [4.78, 5) is 37.4. The molecule has 0 N–H and O–H groups in total. The molecule has 0 fully saturated rings. The second-order valence-corrected chi connectivity index (χ2v) is 9.58. The molecule has 0 saturated heterocycles. The van der Waals surface area contributed by atoms with Crippen molar-refractivity contribution in [2.45, 2.75) is 25.5 Å². The van der Waals surface area contributed by atoms with Crippen molar-refractivity contribution in [2.75, 3.05) is 13.7 Å². The van der Waals surface area contributed by atoms with Gasteiger partial charge in [-0.3, -0.25) is 24.0 Å². The van der Waals surface area contributed by atoms with Gasteiger partial charge in [-0.1, -0.05) is 0 Å². The molecule has 2 aromatic carbocycles. The first-order valence-corrected chi connectivity index (χ1v) is 11.4. The predicted octanol–water partition coefficient (Wildman–Crippen LogP) is 3.48. The minimum Gasteiger partial charge on any atom is -0.497 e. The van der Waals surface area contributed by atoms with Crippen LogP contribution in [0, 0.1) is 10.1 Å². The third-order valence-corrected chi connectivity index (χ3v) is 6.84. The lowest BCUT2D eigenvalue weighted by molar-refractivity contribution is -0.384. The number of methoxy groups -OCH3 is 1.